The molecule has 0 bridgehead atoms. The van der Waals surface area contributed by atoms with E-state index < -0.39 is 0 Å². The highest BCUT2D eigenvalue weighted by atomic mass is 127. The van der Waals surface area contributed by atoms with Gasteiger partial charge in [-0.2, -0.15) is 0 Å². The molecule has 0 aromatic carbocycles. The minimum Gasteiger partial charge on any atom is -0.462 e. The maximum absolute atomic E-state index is 12.0. The number of thiazole rings is 1. The number of aliphatic imine (C=N–C) groups is 1. The molecule has 166 valence electrons. The van der Waals surface area contributed by atoms with E-state index in [0.717, 1.165) is 22.9 Å². The van der Waals surface area contributed by atoms with Crippen LogP contribution in [0.25, 0.3) is 0 Å². The van der Waals surface area contributed by atoms with Gasteiger partial charge in [0, 0.05) is 26.8 Å². The normalized spacial score (nSPS) is 12.0. The number of rotatable bonds is 8. The third-order valence-electron chi connectivity index (χ3n) is 4.03. The van der Waals surface area contributed by atoms with Crippen LogP contribution in [-0.4, -0.2) is 49.1 Å². The van der Waals surface area contributed by atoms with Gasteiger partial charge in [-0.05, 0) is 45.4 Å². The van der Waals surface area contributed by atoms with Crippen molar-refractivity contribution in [2.45, 2.75) is 40.3 Å². The van der Waals surface area contributed by atoms with Crippen LogP contribution in [0.3, 0.4) is 0 Å². The molecule has 30 heavy (non-hydrogen) atoms. The Morgan fingerprint density at radius 2 is 2.10 bits per heavy atom. The second-order valence-corrected chi connectivity index (χ2v) is 7.70. The van der Waals surface area contributed by atoms with Gasteiger partial charge in [-0.25, -0.2) is 19.8 Å². The van der Waals surface area contributed by atoms with E-state index in [1.54, 1.807) is 13.1 Å². The number of halogens is 1. The molecule has 0 aliphatic rings. The number of anilines is 1. The van der Waals surface area contributed by atoms with Crippen molar-refractivity contribution in [3.8, 4) is 0 Å². The zero-order valence-electron chi connectivity index (χ0n) is 18.4. The number of hydrogen-bond acceptors (Lipinski definition) is 7. The summed E-state index contributed by atoms with van der Waals surface area (Å²) in [6.07, 6.45) is 1.79. The molecule has 2 N–H and O–H groups in total. The molecule has 2 rings (SSSR count). The van der Waals surface area contributed by atoms with E-state index in [9.17, 15) is 4.79 Å². The number of aromatic nitrogens is 2. The highest BCUT2D eigenvalue weighted by Crippen LogP contribution is 2.24. The van der Waals surface area contributed by atoms with Gasteiger partial charge in [0.2, 0.25) is 0 Å². The number of aryl methyl sites for hydroxylation is 1. The summed E-state index contributed by atoms with van der Waals surface area (Å²) < 4.78 is 5.10. The molecule has 0 amide bonds. The molecule has 2 aromatic rings. The molecule has 0 saturated carbocycles. The van der Waals surface area contributed by atoms with Crippen LogP contribution >= 0.6 is 35.3 Å². The molecule has 0 aliphatic carbocycles. The van der Waals surface area contributed by atoms with Gasteiger partial charge in [0.15, 0.2) is 5.96 Å². The van der Waals surface area contributed by atoms with Gasteiger partial charge in [0.05, 0.1) is 24.9 Å². The maximum atomic E-state index is 12.0. The minimum absolute atomic E-state index is 0. The third kappa shape index (κ3) is 7.38. The molecule has 2 aromatic heterocycles. The van der Waals surface area contributed by atoms with E-state index in [4.69, 9.17) is 4.74 Å². The smallest absolute Gasteiger partial charge is 0.350 e. The zero-order chi connectivity index (χ0) is 21.4. The Balaban J connectivity index is 0.00000450. The van der Waals surface area contributed by atoms with Crippen LogP contribution in [0.2, 0.25) is 0 Å². The molecular formula is C20H31IN6O2S. The van der Waals surface area contributed by atoms with Crippen LogP contribution in [0.1, 0.15) is 52.7 Å². The average Bonchev–Trinajstić information content (AvgIpc) is 3.08. The van der Waals surface area contributed by atoms with Gasteiger partial charge < -0.3 is 20.3 Å². The fraction of sp³-hybridized carbons (Fsp3) is 0.500. The van der Waals surface area contributed by atoms with Gasteiger partial charge in [-0.15, -0.1) is 35.3 Å². The lowest BCUT2D eigenvalue weighted by Crippen LogP contribution is -2.38. The quantitative estimate of drug-likeness (QED) is 0.227. The highest BCUT2D eigenvalue weighted by Gasteiger charge is 2.20. The van der Waals surface area contributed by atoms with Crippen molar-refractivity contribution in [2.24, 2.45) is 4.99 Å². The first-order valence-electron chi connectivity index (χ1n) is 9.67. The summed E-state index contributed by atoms with van der Waals surface area (Å²) in [4.78, 5) is 28.1. The molecule has 1 unspecified atom stereocenters. The van der Waals surface area contributed by atoms with Crippen molar-refractivity contribution >= 4 is 53.1 Å². The lowest BCUT2D eigenvalue weighted by atomic mass is 10.2. The second kappa shape index (κ2) is 12.7. The van der Waals surface area contributed by atoms with Gasteiger partial charge in [0.25, 0.3) is 0 Å². The third-order valence-corrected chi connectivity index (χ3v) is 5.35. The van der Waals surface area contributed by atoms with Crippen LogP contribution in [0.15, 0.2) is 23.3 Å². The predicted molar refractivity (Wildman–Crippen MR) is 133 cm³/mol. The first kappa shape index (κ1) is 26.1. The Labute approximate surface area is 199 Å². The lowest BCUT2D eigenvalue weighted by Gasteiger charge is -2.16. The van der Waals surface area contributed by atoms with E-state index in [2.05, 4.69) is 25.6 Å². The number of ether oxygens (including phenoxy) is 1. The Kier molecular flexibility index (Phi) is 11.0. The fourth-order valence-electron chi connectivity index (χ4n) is 2.55. The Bertz CT molecular complexity index is 856. The van der Waals surface area contributed by atoms with Crippen molar-refractivity contribution in [3.05, 3.63) is 39.5 Å². The van der Waals surface area contributed by atoms with Gasteiger partial charge in [0.1, 0.15) is 15.7 Å². The lowest BCUT2D eigenvalue weighted by molar-refractivity contribution is 0.0531. The first-order valence-corrected chi connectivity index (χ1v) is 10.5. The van der Waals surface area contributed by atoms with Crippen LogP contribution < -0.4 is 15.5 Å². The van der Waals surface area contributed by atoms with Crippen LogP contribution in [0.4, 0.5) is 5.82 Å². The Morgan fingerprint density at radius 1 is 1.37 bits per heavy atom. The Morgan fingerprint density at radius 3 is 2.73 bits per heavy atom. The number of esters is 1. The number of carbonyl (C=O) groups is 1. The standard InChI is InChI=1S/C20H30N6O2S.HI/c1-7-21-20(23-12-15-9-10-22-16(11-15)26(5)6)25-14(4)18-24-13(3)17(29-18)19(27)28-8-2;/h9-11,14H,7-8,12H2,1-6H3,(H2,21,23,25);1H. The molecule has 0 spiro atoms. The summed E-state index contributed by atoms with van der Waals surface area (Å²) >= 11 is 1.35. The van der Waals surface area contributed by atoms with Crippen molar-refractivity contribution in [2.75, 3.05) is 32.1 Å². The van der Waals surface area contributed by atoms with Crippen molar-refractivity contribution in [3.63, 3.8) is 0 Å². The highest BCUT2D eigenvalue weighted by molar-refractivity contribution is 14.0. The van der Waals surface area contributed by atoms with Gasteiger partial charge in [-0.3, -0.25) is 0 Å². The van der Waals surface area contributed by atoms with Crippen LogP contribution in [0, 0.1) is 6.92 Å². The van der Waals surface area contributed by atoms with Gasteiger partial charge >= 0.3 is 5.97 Å². The number of nitrogens with one attached hydrogen (secondary N) is 2. The monoisotopic (exact) mass is 546 g/mol. The molecule has 0 saturated heterocycles. The topological polar surface area (TPSA) is 91.7 Å². The molecule has 0 radical (unpaired) electrons. The summed E-state index contributed by atoms with van der Waals surface area (Å²) in [5, 5.41) is 7.43. The first-order chi connectivity index (χ1) is 13.8. The van der Waals surface area contributed by atoms with Crippen molar-refractivity contribution in [1.82, 2.24) is 20.6 Å². The fourth-order valence-corrected chi connectivity index (χ4v) is 3.51. The average molecular weight is 546 g/mol. The SMILES string of the molecule is CCNC(=NCc1ccnc(N(C)C)c1)NC(C)c1nc(C)c(C(=O)OCC)s1.I. The number of pyridine rings is 1. The molecule has 0 aliphatic heterocycles. The number of hydrogen-bond donors (Lipinski definition) is 2. The molecule has 8 nitrogen and oxygen atoms in total. The molecular weight excluding hydrogens is 515 g/mol. The van der Waals surface area contributed by atoms with Crippen molar-refractivity contribution in [1.29, 1.82) is 0 Å². The van der Waals surface area contributed by atoms with E-state index >= 15 is 0 Å². The van der Waals surface area contributed by atoms with Crippen LogP contribution in [0.5, 0.6) is 0 Å². The second-order valence-electron chi connectivity index (χ2n) is 6.67. The summed E-state index contributed by atoms with van der Waals surface area (Å²) in [6.45, 7) is 9.24. The van der Waals surface area contributed by atoms with Crippen LogP contribution in [-0.2, 0) is 11.3 Å². The molecule has 0 fully saturated rings. The summed E-state index contributed by atoms with van der Waals surface area (Å²) in [6, 6.07) is 3.88. The van der Waals surface area contributed by atoms with E-state index in [1.165, 1.54) is 11.3 Å². The van der Waals surface area contributed by atoms with E-state index in [0.29, 0.717) is 29.7 Å². The molecule has 2 heterocycles. The van der Waals surface area contributed by atoms with E-state index in [-0.39, 0.29) is 36.0 Å². The number of nitrogens with zero attached hydrogens (tertiary/aromatic N) is 4. The van der Waals surface area contributed by atoms with E-state index in [1.807, 2.05) is 51.9 Å². The number of carbonyl (C=O) groups excluding carboxylic acids is 1. The zero-order valence-corrected chi connectivity index (χ0v) is 21.5. The summed E-state index contributed by atoms with van der Waals surface area (Å²) in [5.41, 5.74) is 1.76. The van der Waals surface area contributed by atoms with Crippen molar-refractivity contribution < 1.29 is 9.53 Å². The predicted octanol–water partition coefficient (Wildman–Crippen LogP) is 3.52. The molecule has 1 atom stereocenters. The largest absolute Gasteiger partial charge is 0.462 e. The minimum atomic E-state index is -0.323. The number of guanidine groups is 1. The maximum Gasteiger partial charge on any atom is 0.350 e. The van der Waals surface area contributed by atoms with Gasteiger partial charge in [-0.1, -0.05) is 0 Å². The Hall–Kier alpha value is -1.95. The summed E-state index contributed by atoms with van der Waals surface area (Å²) in [5.74, 6) is 1.26. The summed E-state index contributed by atoms with van der Waals surface area (Å²) in [7, 11) is 3.92. The molecule has 10 heteroatoms.